The van der Waals surface area contributed by atoms with Crippen molar-refractivity contribution in [1.82, 2.24) is 0 Å². The van der Waals surface area contributed by atoms with E-state index in [9.17, 15) is 4.79 Å². The van der Waals surface area contributed by atoms with Crippen molar-refractivity contribution < 1.29 is 9.21 Å². The molecule has 0 aliphatic heterocycles. The maximum Gasteiger partial charge on any atom is 0.294 e. The molecule has 0 radical (unpaired) electrons. The topological polar surface area (TPSA) is 33.5 Å². The molecule has 4 aromatic rings. The molecule has 0 saturated carbocycles. The van der Waals surface area contributed by atoms with Crippen LogP contribution in [0.3, 0.4) is 0 Å². The molecule has 0 aliphatic carbocycles. The van der Waals surface area contributed by atoms with Gasteiger partial charge in [0.2, 0.25) is 0 Å². The molecule has 0 fully saturated rings. The van der Waals surface area contributed by atoms with E-state index in [0.717, 1.165) is 27.4 Å². The Morgan fingerprint density at radius 1 is 0.852 bits per heavy atom. The van der Waals surface area contributed by atoms with Crippen molar-refractivity contribution in [2.75, 3.05) is 11.4 Å². The first-order chi connectivity index (χ1) is 13.0. The average molecular weight is 357 g/mol. The Morgan fingerprint density at radius 2 is 1.67 bits per heavy atom. The van der Waals surface area contributed by atoms with Gasteiger partial charge in [0.05, 0.1) is 0 Å². The van der Waals surface area contributed by atoms with Crippen LogP contribution in [0.1, 0.15) is 34.2 Å². The summed E-state index contributed by atoms with van der Waals surface area (Å²) < 4.78 is 5.94. The van der Waals surface area contributed by atoms with E-state index < -0.39 is 0 Å². The van der Waals surface area contributed by atoms with Crippen LogP contribution in [0.5, 0.6) is 0 Å². The summed E-state index contributed by atoms with van der Waals surface area (Å²) in [5, 5.41) is 3.22. The summed E-state index contributed by atoms with van der Waals surface area (Å²) in [6.45, 7) is 8.77. The second kappa shape index (κ2) is 6.58. The van der Waals surface area contributed by atoms with Crippen molar-refractivity contribution in [1.29, 1.82) is 0 Å². The quantitative estimate of drug-likeness (QED) is 0.439. The predicted octanol–water partition coefficient (Wildman–Crippen LogP) is 6.18. The lowest BCUT2D eigenvalue weighted by atomic mass is 10.1. The molecule has 1 amide bonds. The van der Waals surface area contributed by atoms with E-state index in [1.54, 1.807) is 4.90 Å². The lowest BCUT2D eigenvalue weighted by Crippen LogP contribution is -2.30. The fourth-order valence-corrected chi connectivity index (χ4v) is 3.48. The number of hydrogen-bond acceptors (Lipinski definition) is 2. The number of rotatable bonds is 3. The van der Waals surface area contributed by atoms with Crippen LogP contribution >= 0.6 is 0 Å². The number of furan rings is 1. The third-order valence-electron chi connectivity index (χ3n) is 5.21. The molecule has 3 aromatic carbocycles. The summed E-state index contributed by atoms with van der Waals surface area (Å²) in [6, 6.07) is 18.4. The maximum atomic E-state index is 13.1. The Labute approximate surface area is 159 Å². The van der Waals surface area contributed by atoms with Crippen molar-refractivity contribution in [3.63, 3.8) is 0 Å². The van der Waals surface area contributed by atoms with Gasteiger partial charge < -0.3 is 9.32 Å². The fourth-order valence-electron chi connectivity index (χ4n) is 3.48. The Bertz CT molecular complexity index is 1170. The summed E-state index contributed by atoms with van der Waals surface area (Å²) >= 11 is 0. The van der Waals surface area contributed by atoms with Gasteiger partial charge in [0.1, 0.15) is 5.58 Å². The lowest BCUT2D eigenvalue weighted by molar-refractivity contribution is 0.0964. The number of anilines is 1. The molecule has 0 atom stereocenters. The lowest BCUT2D eigenvalue weighted by Gasteiger charge is -2.20. The van der Waals surface area contributed by atoms with Crippen LogP contribution in [-0.2, 0) is 0 Å². The number of hydrogen-bond donors (Lipinski definition) is 0. The largest absolute Gasteiger partial charge is 0.451 e. The smallest absolute Gasteiger partial charge is 0.294 e. The molecule has 0 N–H and O–H groups in total. The van der Waals surface area contributed by atoms with Crippen LogP contribution in [0.4, 0.5) is 5.69 Å². The normalized spacial score (nSPS) is 11.3. The van der Waals surface area contributed by atoms with Gasteiger partial charge in [-0.1, -0.05) is 29.8 Å². The minimum Gasteiger partial charge on any atom is -0.451 e. The molecule has 27 heavy (non-hydrogen) atoms. The number of carbonyl (C=O) groups is 1. The van der Waals surface area contributed by atoms with Crippen molar-refractivity contribution in [3.8, 4) is 0 Å². The van der Waals surface area contributed by atoms with Gasteiger partial charge in [-0.2, -0.15) is 0 Å². The Hall–Kier alpha value is -3.07. The summed E-state index contributed by atoms with van der Waals surface area (Å²) in [5.41, 5.74) is 5.23. The van der Waals surface area contributed by atoms with E-state index in [1.165, 1.54) is 16.7 Å². The zero-order chi connectivity index (χ0) is 19.1. The second-order valence-electron chi connectivity index (χ2n) is 7.17. The first kappa shape index (κ1) is 17.3. The highest BCUT2D eigenvalue weighted by Crippen LogP contribution is 2.28. The second-order valence-corrected chi connectivity index (χ2v) is 7.17. The average Bonchev–Trinajstić information content (AvgIpc) is 3.06. The number of amides is 1. The van der Waals surface area contributed by atoms with Crippen molar-refractivity contribution >= 4 is 33.3 Å². The molecule has 0 saturated heterocycles. The van der Waals surface area contributed by atoms with Gasteiger partial charge in [0.25, 0.3) is 5.91 Å². The Balaban J connectivity index is 1.76. The molecule has 0 bridgehead atoms. The van der Waals surface area contributed by atoms with Gasteiger partial charge in [-0.15, -0.1) is 0 Å². The number of nitrogens with zero attached hydrogens (tertiary/aromatic N) is 1. The molecule has 0 spiro atoms. The summed E-state index contributed by atoms with van der Waals surface area (Å²) in [6.07, 6.45) is 0. The number of benzene rings is 3. The minimum atomic E-state index is -0.114. The molecular formula is C24H23NO2. The van der Waals surface area contributed by atoms with Gasteiger partial charge in [-0.05, 0) is 79.9 Å². The molecule has 1 aromatic heterocycles. The highest BCUT2D eigenvalue weighted by Gasteiger charge is 2.20. The van der Waals surface area contributed by atoms with E-state index in [4.69, 9.17) is 4.42 Å². The number of carbonyl (C=O) groups excluding carboxylic acids is 1. The fraction of sp³-hybridized carbons (Fsp3) is 0.208. The van der Waals surface area contributed by atoms with Gasteiger partial charge in [-0.25, -0.2) is 0 Å². The van der Waals surface area contributed by atoms with Crippen LogP contribution in [0.2, 0.25) is 0 Å². The SMILES string of the molecule is CCN(C(=O)c1cc2cc3ccc(C)cc3cc2o1)c1ccc(C)c(C)c1. The summed E-state index contributed by atoms with van der Waals surface area (Å²) in [5.74, 6) is 0.259. The highest BCUT2D eigenvalue weighted by atomic mass is 16.3. The van der Waals surface area contributed by atoms with E-state index in [2.05, 4.69) is 51.1 Å². The summed E-state index contributed by atoms with van der Waals surface area (Å²) in [7, 11) is 0. The van der Waals surface area contributed by atoms with Gasteiger partial charge >= 0.3 is 0 Å². The zero-order valence-electron chi connectivity index (χ0n) is 16.2. The van der Waals surface area contributed by atoms with Crippen LogP contribution in [0, 0.1) is 20.8 Å². The van der Waals surface area contributed by atoms with Gasteiger partial charge in [0.15, 0.2) is 5.76 Å². The Morgan fingerprint density at radius 3 is 2.41 bits per heavy atom. The number of aryl methyl sites for hydroxylation is 3. The maximum absolute atomic E-state index is 13.1. The molecule has 1 heterocycles. The molecular weight excluding hydrogens is 334 g/mol. The van der Waals surface area contributed by atoms with Gasteiger partial charge in [-0.3, -0.25) is 4.79 Å². The van der Waals surface area contributed by atoms with Crippen LogP contribution in [0.25, 0.3) is 21.7 Å². The number of fused-ring (bicyclic) bond motifs is 2. The molecule has 136 valence electrons. The summed E-state index contributed by atoms with van der Waals surface area (Å²) in [4.78, 5) is 14.9. The highest BCUT2D eigenvalue weighted by molar-refractivity contribution is 6.07. The van der Waals surface area contributed by atoms with E-state index in [0.29, 0.717) is 12.3 Å². The standard InChI is InChI=1S/C24H23NO2/c1-5-25(21-9-7-16(3)17(4)11-21)24(26)23-14-20-12-18-8-6-15(2)10-19(18)13-22(20)27-23/h6-14H,5H2,1-4H3. The third kappa shape index (κ3) is 3.10. The van der Waals surface area contributed by atoms with Crippen molar-refractivity contribution in [2.24, 2.45) is 0 Å². The first-order valence-electron chi connectivity index (χ1n) is 9.29. The third-order valence-corrected chi connectivity index (χ3v) is 5.21. The van der Waals surface area contributed by atoms with Crippen LogP contribution < -0.4 is 4.90 Å². The zero-order valence-corrected chi connectivity index (χ0v) is 16.2. The van der Waals surface area contributed by atoms with Crippen LogP contribution in [0.15, 0.2) is 59.0 Å². The Kier molecular flexibility index (Phi) is 4.23. The minimum absolute atomic E-state index is 0.114. The molecule has 3 heteroatoms. The monoisotopic (exact) mass is 357 g/mol. The molecule has 0 aliphatic rings. The molecule has 3 nitrogen and oxygen atoms in total. The first-order valence-corrected chi connectivity index (χ1v) is 9.29. The van der Waals surface area contributed by atoms with E-state index >= 15 is 0 Å². The van der Waals surface area contributed by atoms with E-state index in [-0.39, 0.29) is 5.91 Å². The molecule has 0 unspecified atom stereocenters. The predicted molar refractivity (Wildman–Crippen MR) is 112 cm³/mol. The van der Waals surface area contributed by atoms with Crippen molar-refractivity contribution in [3.05, 3.63) is 77.0 Å². The van der Waals surface area contributed by atoms with Crippen molar-refractivity contribution in [2.45, 2.75) is 27.7 Å². The van der Waals surface area contributed by atoms with E-state index in [1.807, 2.05) is 31.2 Å². The van der Waals surface area contributed by atoms with Crippen LogP contribution in [-0.4, -0.2) is 12.5 Å². The van der Waals surface area contributed by atoms with Gasteiger partial charge in [0, 0.05) is 17.6 Å². The molecule has 4 rings (SSSR count).